The van der Waals surface area contributed by atoms with Crippen molar-refractivity contribution in [3.05, 3.63) is 101 Å². The molecule has 7 rings (SSSR count). The molecule has 3 amide bonds. The molecule has 3 aliphatic rings. The van der Waals surface area contributed by atoms with E-state index in [9.17, 15) is 14.4 Å². The highest BCUT2D eigenvalue weighted by Gasteiger charge is 2.39. The number of nitrogens with one attached hydrogen (secondary N) is 2. The molecular formula is C37H39N7O3. The average molecular weight is 630 g/mol. The third-order valence-corrected chi connectivity index (χ3v) is 9.64. The largest absolute Gasteiger partial charge is 0.322 e. The van der Waals surface area contributed by atoms with Crippen LogP contribution in [-0.4, -0.2) is 61.6 Å². The molecule has 0 saturated carbocycles. The van der Waals surface area contributed by atoms with E-state index < -0.39 is 6.04 Å². The van der Waals surface area contributed by atoms with Crippen LogP contribution in [0.1, 0.15) is 84.0 Å². The predicted molar refractivity (Wildman–Crippen MR) is 179 cm³/mol. The Hall–Kier alpha value is -4.96. The number of likely N-dealkylation sites (tertiary alicyclic amines) is 1. The number of piperidine rings is 2. The topological polar surface area (TPSA) is 120 Å². The molecule has 0 aliphatic carbocycles. The molecule has 0 bridgehead atoms. The van der Waals surface area contributed by atoms with Gasteiger partial charge in [-0.15, -0.1) is 0 Å². The summed E-state index contributed by atoms with van der Waals surface area (Å²) in [5, 5.41) is 5.54. The molecule has 47 heavy (non-hydrogen) atoms. The first-order valence-electron chi connectivity index (χ1n) is 16.4. The predicted octanol–water partition coefficient (Wildman–Crippen LogP) is 5.55. The van der Waals surface area contributed by atoms with Crippen molar-refractivity contribution in [2.24, 2.45) is 0 Å². The van der Waals surface area contributed by atoms with Gasteiger partial charge < -0.3 is 10.2 Å². The second kappa shape index (κ2) is 13.0. The quantitative estimate of drug-likeness (QED) is 0.244. The first-order chi connectivity index (χ1) is 22.8. The van der Waals surface area contributed by atoms with E-state index in [1.54, 1.807) is 4.90 Å². The summed E-state index contributed by atoms with van der Waals surface area (Å²) in [5.74, 6) is 1.30. The highest BCUT2D eigenvalue weighted by atomic mass is 16.2. The second-order valence-electron chi connectivity index (χ2n) is 13.1. The Labute approximate surface area is 274 Å². The molecule has 2 fully saturated rings. The number of fused-ring (bicyclic) bond motifs is 1. The Morgan fingerprint density at radius 2 is 1.62 bits per heavy atom. The van der Waals surface area contributed by atoms with E-state index in [-0.39, 0.29) is 24.1 Å². The number of carbonyl (C=O) groups is 3. The van der Waals surface area contributed by atoms with E-state index in [4.69, 9.17) is 0 Å². The molecule has 0 radical (unpaired) electrons. The molecule has 5 heterocycles. The smallest absolute Gasteiger partial charge is 0.255 e. The normalized spacial score (nSPS) is 18.8. The van der Waals surface area contributed by atoms with Crippen molar-refractivity contribution in [3.8, 4) is 11.1 Å². The maximum Gasteiger partial charge on any atom is 0.255 e. The molecule has 3 aliphatic heterocycles. The molecule has 10 heteroatoms. The van der Waals surface area contributed by atoms with Gasteiger partial charge in [0.25, 0.3) is 5.91 Å². The third-order valence-electron chi connectivity index (χ3n) is 9.64. The van der Waals surface area contributed by atoms with Gasteiger partial charge in [0, 0.05) is 49.2 Å². The van der Waals surface area contributed by atoms with Gasteiger partial charge in [-0.05, 0) is 90.2 Å². The van der Waals surface area contributed by atoms with Crippen molar-refractivity contribution in [1.29, 1.82) is 0 Å². The summed E-state index contributed by atoms with van der Waals surface area (Å²) in [5.41, 5.74) is 7.47. The minimum absolute atomic E-state index is 0.120. The summed E-state index contributed by atoms with van der Waals surface area (Å²) in [6.07, 6.45) is 8.31. The number of amides is 3. The van der Waals surface area contributed by atoms with E-state index in [1.165, 1.54) is 11.1 Å². The zero-order valence-corrected chi connectivity index (χ0v) is 26.8. The molecule has 2 aromatic carbocycles. The molecule has 1 unspecified atom stereocenters. The van der Waals surface area contributed by atoms with Gasteiger partial charge in [-0.3, -0.25) is 24.6 Å². The lowest BCUT2D eigenvalue weighted by molar-refractivity contribution is -0.136. The Kier molecular flexibility index (Phi) is 8.51. The van der Waals surface area contributed by atoms with Crippen molar-refractivity contribution < 1.29 is 14.4 Å². The van der Waals surface area contributed by atoms with Gasteiger partial charge in [0.15, 0.2) is 0 Å². The summed E-state index contributed by atoms with van der Waals surface area (Å²) in [7, 11) is 0. The van der Waals surface area contributed by atoms with Gasteiger partial charge in [0.05, 0.1) is 0 Å². The minimum atomic E-state index is -0.582. The Bertz CT molecular complexity index is 1780. The zero-order valence-electron chi connectivity index (χ0n) is 26.8. The number of hydrogen-bond donors (Lipinski definition) is 2. The van der Waals surface area contributed by atoms with Crippen LogP contribution in [0.3, 0.4) is 0 Å². The zero-order chi connectivity index (χ0) is 32.5. The highest BCUT2D eigenvalue weighted by Crippen LogP contribution is 2.34. The fourth-order valence-electron chi connectivity index (χ4n) is 6.79. The molecule has 4 aromatic rings. The van der Waals surface area contributed by atoms with Crippen molar-refractivity contribution in [2.75, 3.05) is 18.4 Å². The molecule has 10 nitrogen and oxygen atoms in total. The first kappa shape index (κ1) is 30.7. The van der Waals surface area contributed by atoms with Gasteiger partial charge >= 0.3 is 0 Å². The standard InChI is InChI=1S/C37H39N7O3/c1-23(2)30-19-39-37(40-20-30)41-33-11-8-28(18-38-33)25-5-3-24(4-6-25)21-43-15-13-26(14-16-43)27-7-9-31-29(17-27)22-44(36(31)47)32-10-12-34(45)42-35(32)46/h3-9,11,17-20,23,26,32H,10,12-16,21-22H2,1-2H3,(H,42,45,46)(H,38,39,40,41). The Morgan fingerprint density at radius 3 is 2.30 bits per heavy atom. The van der Waals surface area contributed by atoms with Crippen molar-refractivity contribution in [2.45, 2.75) is 70.5 Å². The molecule has 2 N–H and O–H groups in total. The average Bonchev–Trinajstić information content (AvgIpc) is 3.41. The summed E-state index contributed by atoms with van der Waals surface area (Å²) >= 11 is 0. The van der Waals surface area contributed by atoms with Crippen LogP contribution >= 0.6 is 0 Å². The van der Waals surface area contributed by atoms with E-state index >= 15 is 0 Å². The molecule has 1 atom stereocenters. The number of nitrogens with zero attached hydrogens (tertiary/aromatic N) is 5. The fourth-order valence-corrected chi connectivity index (χ4v) is 6.79. The van der Waals surface area contributed by atoms with E-state index in [1.807, 2.05) is 30.7 Å². The lowest BCUT2D eigenvalue weighted by Crippen LogP contribution is -2.52. The lowest BCUT2D eigenvalue weighted by atomic mass is 9.87. The SMILES string of the molecule is CC(C)c1cnc(Nc2ccc(-c3ccc(CN4CCC(c5ccc6c(c5)CN(C5CCC(=O)NC5=O)C6=O)CC4)cc3)cn2)nc1. The van der Waals surface area contributed by atoms with Crippen molar-refractivity contribution in [1.82, 2.24) is 30.1 Å². The molecule has 2 saturated heterocycles. The molecule has 240 valence electrons. The maximum absolute atomic E-state index is 13.1. The summed E-state index contributed by atoms with van der Waals surface area (Å²) in [6, 6.07) is 18.3. The van der Waals surface area contributed by atoms with Crippen LogP contribution in [0, 0.1) is 0 Å². The van der Waals surface area contributed by atoms with Crippen molar-refractivity contribution >= 4 is 29.5 Å². The summed E-state index contributed by atoms with van der Waals surface area (Å²) in [6.45, 7) is 7.58. The Morgan fingerprint density at radius 1 is 0.872 bits per heavy atom. The molecular weight excluding hydrogens is 590 g/mol. The summed E-state index contributed by atoms with van der Waals surface area (Å²) in [4.78, 5) is 54.5. The van der Waals surface area contributed by atoms with E-state index in [0.717, 1.165) is 54.7 Å². The van der Waals surface area contributed by atoms with Crippen LogP contribution < -0.4 is 10.6 Å². The van der Waals surface area contributed by atoms with Crippen LogP contribution in [0.4, 0.5) is 11.8 Å². The Balaban J connectivity index is 0.909. The number of pyridine rings is 1. The van der Waals surface area contributed by atoms with Gasteiger partial charge in [-0.1, -0.05) is 50.2 Å². The van der Waals surface area contributed by atoms with Crippen LogP contribution in [0.25, 0.3) is 11.1 Å². The molecule has 2 aromatic heterocycles. The van der Waals surface area contributed by atoms with Gasteiger partial charge in [-0.2, -0.15) is 0 Å². The number of hydrogen-bond acceptors (Lipinski definition) is 8. The third kappa shape index (κ3) is 6.64. The van der Waals surface area contributed by atoms with Gasteiger partial charge in [0.2, 0.25) is 17.8 Å². The summed E-state index contributed by atoms with van der Waals surface area (Å²) < 4.78 is 0. The van der Waals surface area contributed by atoms with E-state index in [0.29, 0.717) is 42.1 Å². The van der Waals surface area contributed by atoms with E-state index in [2.05, 4.69) is 86.8 Å². The maximum atomic E-state index is 13.1. The number of imide groups is 1. The number of rotatable bonds is 8. The van der Waals surface area contributed by atoms with Crippen molar-refractivity contribution in [3.63, 3.8) is 0 Å². The minimum Gasteiger partial charge on any atom is -0.322 e. The van der Waals surface area contributed by atoms with Gasteiger partial charge in [0.1, 0.15) is 11.9 Å². The van der Waals surface area contributed by atoms with Crippen LogP contribution in [0.2, 0.25) is 0 Å². The fraction of sp³-hybridized carbons (Fsp3) is 0.351. The lowest BCUT2D eigenvalue weighted by Gasteiger charge is -2.32. The first-order valence-corrected chi connectivity index (χ1v) is 16.4. The molecule has 0 spiro atoms. The van der Waals surface area contributed by atoms with Gasteiger partial charge in [-0.25, -0.2) is 15.0 Å². The number of aromatic nitrogens is 3. The number of carbonyl (C=O) groups excluding carboxylic acids is 3. The second-order valence-corrected chi connectivity index (χ2v) is 13.1. The highest BCUT2D eigenvalue weighted by molar-refractivity contribution is 6.05. The van der Waals surface area contributed by atoms with Crippen LogP contribution in [-0.2, 0) is 22.7 Å². The number of anilines is 2. The van der Waals surface area contributed by atoms with Crippen LogP contribution in [0.15, 0.2) is 73.2 Å². The van der Waals surface area contributed by atoms with Crippen LogP contribution in [0.5, 0.6) is 0 Å². The number of benzene rings is 2. The monoisotopic (exact) mass is 629 g/mol.